The Hall–Kier alpha value is -4.75. The van der Waals surface area contributed by atoms with Gasteiger partial charge in [-0.1, -0.05) is 23.7 Å². The molecule has 0 aliphatic carbocycles. The summed E-state index contributed by atoms with van der Waals surface area (Å²) in [7, 11) is -0.885. The van der Waals surface area contributed by atoms with Gasteiger partial charge in [0.2, 0.25) is 11.9 Å². The van der Waals surface area contributed by atoms with Crippen LogP contribution >= 0.6 is 18.7 Å². The zero-order chi connectivity index (χ0) is 37.8. The van der Waals surface area contributed by atoms with E-state index in [0.717, 1.165) is 81.0 Å². The Kier molecular flexibility index (Phi) is 11.4. The lowest BCUT2D eigenvalue weighted by Gasteiger charge is -2.43. The van der Waals surface area contributed by atoms with Gasteiger partial charge < -0.3 is 24.8 Å². The number of hydrogen-bond acceptors (Lipinski definition) is 12. The first-order valence-corrected chi connectivity index (χ1v) is 21.2. The number of amides is 3. The van der Waals surface area contributed by atoms with Crippen LogP contribution in [-0.2, 0) is 15.9 Å². The van der Waals surface area contributed by atoms with E-state index in [9.17, 15) is 14.2 Å². The van der Waals surface area contributed by atoms with Crippen molar-refractivity contribution in [2.45, 2.75) is 31.8 Å². The van der Waals surface area contributed by atoms with Crippen molar-refractivity contribution in [1.29, 1.82) is 0 Å². The number of benzene rings is 2. The number of halogens is 1. The Morgan fingerprint density at radius 1 is 0.889 bits per heavy atom. The SMILES string of the molecule is COc1cc(N2CCC(N3CCN(Cc4ccc(N5CCC(=O)NC5=O)cn4)CC3)CC2)ccc1Nc1ncc(Cl)c(Nc2ccccc2P(C)(C)=O)n1. The molecule has 3 amide bonds. The first-order chi connectivity index (χ1) is 26.0. The van der Waals surface area contributed by atoms with Crippen molar-refractivity contribution in [3.05, 3.63) is 77.7 Å². The van der Waals surface area contributed by atoms with Crippen molar-refractivity contribution >= 4 is 70.5 Å². The Labute approximate surface area is 320 Å². The Balaban J connectivity index is 0.902. The first-order valence-electron chi connectivity index (χ1n) is 18.2. The van der Waals surface area contributed by atoms with E-state index in [1.807, 2.05) is 42.5 Å². The van der Waals surface area contributed by atoms with Crippen LogP contribution in [0.25, 0.3) is 0 Å². The highest BCUT2D eigenvalue weighted by Crippen LogP contribution is 2.39. The molecule has 2 aromatic heterocycles. The molecule has 7 rings (SSSR count). The number of ether oxygens (including phenoxy) is 1. The van der Waals surface area contributed by atoms with Crippen molar-refractivity contribution in [3.8, 4) is 5.75 Å². The molecule has 3 saturated heterocycles. The summed E-state index contributed by atoms with van der Waals surface area (Å²) < 4.78 is 18.7. The number of para-hydroxylation sites is 1. The van der Waals surface area contributed by atoms with Gasteiger partial charge in [-0.15, -0.1) is 0 Å². The molecule has 0 atom stereocenters. The highest BCUT2D eigenvalue weighted by Gasteiger charge is 2.29. The molecule has 284 valence electrons. The fourth-order valence-corrected chi connectivity index (χ4v) is 8.57. The number of piperidine rings is 1. The minimum atomic E-state index is -2.54. The van der Waals surface area contributed by atoms with E-state index in [4.69, 9.17) is 16.3 Å². The third kappa shape index (κ3) is 8.79. The minimum absolute atomic E-state index is 0.243. The molecule has 0 radical (unpaired) electrons. The molecule has 16 heteroatoms. The molecule has 2 aromatic carbocycles. The van der Waals surface area contributed by atoms with Crippen LogP contribution in [0.3, 0.4) is 0 Å². The Morgan fingerprint density at radius 2 is 1.65 bits per heavy atom. The van der Waals surface area contributed by atoms with Gasteiger partial charge in [-0.3, -0.25) is 29.8 Å². The van der Waals surface area contributed by atoms with E-state index in [1.165, 1.54) is 6.20 Å². The van der Waals surface area contributed by atoms with Crippen LogP contribution in [0.2, 0.25) is 5.02 Å². The largest absolute Gasteiger partial charge is 0.494 e. The molecule has 0 bridgehead atoms. The number of aromatic nitrogens is 3. The number of urea groups is 1. The van der Waals surface area contributed by atoms with Gasteiger partial charge in [0.05, 0.1) is 42.3 Å². The van der Waals surface area contributed by atoms with Gasteiger partial charge in [0, 0.05) is 81.9 Å². The zero-order valence-corrected chi connectivity index (χ0v) is 32.4. The fraction of sp³-hybridized carbons (Fsp3) is 0.395. The molecule has 3 aliphatic heterocycles. The molecular weight excluding hydrogens is 727 g/mol. The molecule has 0 spiro atoms. The summed E-state index contributed by atoms with van der Waals surface area (Å²) in [6, 6.07) is 17.6. The second-order valence-electron chi connectivity index (χ2n) is 14.2. The van der Waals surface area contributed by atoms with Crippen LogP contribution in [0.5, 0.6) is 5.75 Å². The van der Waals surface area contributed by atoms with Gasteiger partial charge in [-0.2, -0.15) is 4.98 Å². The van der Waals surface area contributed by atoms with Gasteiger partial charge in [-0.05, 0) is 62.6 Å². The second-order valence-corrected chi connectivity index (χ2v) is 17.8. The van der Waals surface area contributed by atoms with Crippen molar-refractivity contribution in [3.63, 3.8) is 0 Å². The molecule has 3 fully saturated rings. The summed E-state index contributed by atoms with van der Waals surface area (Å²) >= 11 is 6.47. The number of rotatable bonds is 11. The average molecular weight is 773 g/mol. The number of carbonyl (C=O) groups excluding carboxylic acids is 2. The van der Waals surface area contributed by atoms with Crippen LogP contribution in [0.1, 0.15) is 25.0 Å². The van der Waals surface area contributed by atoms with E-state index < -0.39 is 13.2 Å². The number of hydrogen-bond donors (Lipinski definition) is 3. The first kappa shape index (κ1) is 37.6. The number of methoxy groups -OCH3 is 1. The smallest absolute Gasteiger partial charge is 0.328 e. The average Bonchev–Trinajstić information content (AvgIpc) is 3.17. The van der Waals surface area contributed by atoms with E-state index in [-0.39, 0.29) is 5.91 Å². The molecular formula is C38H46ClN10O4P. The van der Waals surface area contributed by atoms with Gasteiger partial charge in [0.15, 0.2) is 5.82 Å². The summed E-state index contributed by atoms with van der Waals surface area (Å²) in [5.41, 5.74) is 4.19. The summed E-state index contributed by atoms with van der Waals surface area (Å²) in [6.07, 6.45) is 5.72. The maximum absolute atomic E-state index is 12.9. The Morgan fingerprint density at radius 3 is 2.35 bits per heavy atom. The van der Waals surface area contributed by atoms with Gasteiger partial charge >= 0.3 is 6.03 Å². The van der Waals surface area contributed by atoms with E-state index in [0.29, 0.717) is 52.9 Å². The van der Waals surface area contributed by atoms with E-state index in [1.54, 1.807) is 31.5 Å². The molecule has 54 heavy (non-hydrogen) atoms. The van der Waals surface area contributed by atoms with Crippen LogP contribution in [0.4, 0.5) is 39.3 Å². The highest BCUT2D eigenvalue weighted by molar-refractivity contribution is 7.70. The molecule has 0 saturated carbocycles. The molecule has 14 nitrogen and oxygen atoms in total. The number of piperazine rings is 1. The Bertz CT molecular complexity index is 2030. The number of carbonyl (C=O) groups is 2. The molecule has 3 aliphatic rings. The van der Waals surface area contributed by atoms with Gasteiger partial charge in [-0.25, -0.2) is 9.78 Å². The number of nitrogens with zero attached hydrogens (tertiary/aromatic N) is 7. The summed E-state index contributed by atoms with van der Waals surface area (Å²) in [6.45, 7) is 10.5. The van der Waals surface area contributed by atoms with Crippen LogP contribution in [0, 0.1) is 0 Å². The molecule has 4 aromatic rings. The van der Waals surface area contributed by atoms with Gasteiger partial charge in [0.1, 0.15) is 17.9 Å². The summed E-state index contributed by atoms with van der Waals surface area (Å²) in [5.74, 6) is 1.19. The third-order valence-corrected chi connectivity index (χ3v) is 12.1. The van der Waals surface area contributed by atoms with Crippen molar-refractivity contribution in [2.24, 2.45) is 0 Å². The number of anilines is 6. The summed E-state index contributed by atoms with van der Waals surface area (Å²) in [4.78, 5) is 46.3. The van der Waals surface area contributed by atoms with Crippen LogP contribution < -0.4 is 35.8 Å². The lowest BCUT2D eigenvalue weighted by Crippen LogP contribution is -2.53. The van der Waals surface area contributed by atoms with Gasteiger partial charge in [0.25, 0.3) is 0 Å². The normalized spacial score (nSPS) is 17.7. The maximum atomic E-state index is 12.9. The molecule has 3 N–H and O–H groups in total. The van der Waals surface area contributed by atoms with E-state index >= 15 is 0 Å². The quantitative estimate of drug-likeness (QED) is 0.165. The van der Waals surface area contributed by atoms with Crippen molar-refractivity contribution < 1.29 is 18.9 Å². The second kappa shape index (κ2) is 16.3. The van der Waals surface area contributed by atoms with Crippen molar-refractivity contribution in [2.75, 3.05) is 86.7 Å². The molecule has 0 unspecified atom stereocenters. The predicted octanol–water partition coefficient (Wildman–Crippen LogP) is 5.50. The van der Waals surface area contributed by atoms with E-state index in [2.05, 4.69) is 57.7 Å². The number of pyridine rings is 1. The molecule has 5 heterocycles. The monoisotopic (exact) mass is 772 g/mol. The lowest BCUT2D eigenvalue weighted by molar-refractivity contribution is -0.120. The highest BCUT2D eigenvalue weighted by atomic mass is 35.5. The summed E-state index contributed by atoms with van der Waals surface area (Å²) in [5, 5.41) is 9.95. The lowest BCUT2D eigenvalue weighted by atomic mass is 10.0. The maximum Gasteiger partial charge on any atom is 0.328 e. The predicted molar refractivity (Wildman–Crippen MR) is 214 cm³/mol. The van der Waals surface area contributed by atoms with Crippen LogP contribution in [-0.4, -0.2) is 109 Å². The zero-order valence-electron chi connectivity index (χ0n) is 30.8. The number of nitrogens with one attached hydrogen (secondary N) is 3. The van der Waals surface area contributed by atoms with Crippen LogP contribution in [0.15, 0.2) is 67.0 Å². The standard InChI is InChI=1S/C38H46ClN10O4P/c1-53-33-22-28(10-11-31(33)43-37-41-24-30(39)36(45-37)42-32-6-4-5-7-34(32)54(2,3)52)47-15-12-27(13-16-47)48-20-18-46(19-21-48)25-26-8-9-29(23-40-26)49-17-14-35(50)44-38(49)51/h4-11,22-24,27H,12-21,25H2,1-3H3,(H,44,50,51)(H2,41,42,43,45). The minimum Gasteiger partial charge on any atom is -0.494 e. The number of imide groups is 1. The fourth-order valence-electron chi connectivity index (χ4n) is 7.28. The topological polar surface area (TPSA) is 148 Å². The van der Waals surface area contributed by atoms with Crippen molar-refractivity contribution in [1.82, 2.24) is 30.1 Å². The third-order valence-electron chi connectivity index (χ3n) is 10.2.